The third kappa shape index (κ3) is 2.80. The summed E-state index contributed by atoms with van der Waals surface area (Å²) in [4.78, 5) is 13.9. The Morgan fingerprint density at radius 2 is 2.09 bits per heavy atom. The van der Waals surface area contributed by atoms with Crippen LogP contribution < -0.4 is 14.8 Å². The third-order valence-electron chi connectivity index (χ3n) is 3.64. The van der Waals surface area contributed by atoms with Crippen molar-refractivity contribution in [1.82, 2.24) is 10.2 Å². The van der Waals surface area contributed by atoms with Crippen molar-refractivity contribution in [1.29, 1.82) is 0 Å². The van der Waals surface area contributed by atoms with Gasteiger partial charge in [0.2, 0.25) is 0 Å². The minimum atomic E-state index is -4.86. The van der Waals surface area contributed by atoms with E-state index in [0.29, 0.717) is 25.2 Å². The molecule has 22 heavy (non-hydrogen) atoms. The summed E-state index contributed by atoms with van der Waals surface area (Å²) in [6, 6.07) is 2.40. The molecule has 1 N–H and O–H groups in total. The number of hydrogen-bond donors (Lipinski definition) is 1. The van der Waals surface area contributed by atoms with E-state index in [1.54, 1.807) is 11.0 Å². The molecule has 1 aromatic carbocycles. The zero-order valence-electron chi connectivity index (χ0n) is 11.6. The van der Waals surface area contributed by atoms with E-state index in [4.69, 9.17) is 4.74 Å². The highest BCUT2D eigenvalue weighted by Gasteiger charge is 2.43. The molecular formula is C13H14ClF3N2O3. The van der Waals surface area contributed by atoms with Crippen LogP contribution in [-0.4, -0.2) is 43.9 Å². The fraction of sp³-hybridized carbons (Fsp3) is 0.462. The highest BCUT2D eigenvalue weighted by molar-refractivity contribution is 6.02. The van der Waals surface area contributed by atoms with Crippen LogP contribution in [0.25, 0.3) is 0 Å². The number of carbonyl (C=O) groups excluding carboxylic acids is 1. The Labute approximate surface area is 130 Å². The summed E-state index contributed by atoms with van der Waals surface area (Å²) in [5, 5.41) is 3.13. The Bertz CT molecular complexity index is 595. The molecule has 0 spiro atoms. The number of carbonyl (C=O) groups is 1. The topological polar surface area (TPSA) is 50.8 Å². The maximum atomic E-state index is 12.5. The van der Waals surface area contributed by atoms with Crippen LogP contribution in [0.15, 0.2) is 12.1 Å². The van der Waals surface area contributed by atoms with Crippen LogP contribution >= 0.6 is 12.4 Å². The van der Waals surface area contributed by atoms with Gasteiger partial charge in [0, 0.05) is 25.7 Å². The molecule has 0 unspecified atom stereocenters. The van der Waals surface area contributed by atoms with Crippen molar-refractivity contribution in [2.75, 3.05) is 26.7 Å². The Morgan fingerprint density at radius 3 is 2.73 bits per heavy atom. The summed E-state index contributed by atoms with van der Waals surface area (Å²) in [7, 11) is 1.35. The van der Waals surface area contributed by atoms with Crippen molar-refractivity contribution in [2.24, 2.45) is 0 Å². The van der Waals surface area contributed by atoms with E-state index in [9.17, 15) is 18.0 Å². The van der Waals surface area contributed by atoms with E-state index in [-0.39, 0.29) is 29.8 Å². The summed E-state index contributed by atoms with van der Waals surface area (Å²) in [6.07, 6.45) is -4.86. The van der Waals surface area contributed by atoms with Gasteiger partial charge in [-0.1, -0.05) is 0 Å². The second-order valence-electron chi connectivity index (χ2n) is 4.86. The average Bonchev–Trinajstić information content (AvgIpc) is 2.71. The Kier molecular flexibility index (Phi) is 4.44. The molecule has 1 saturated heterocycles. The predicted molar refractivity (Wildman–Crippen MR) is 73.6 cm³/mol. The summed E-state index contributed by atoms with van der Waals surface area (Å²) in [5.41, 5.74) is 0.479. The van der Waals surface area contributed by atoms with Gasteiger partial charge in [0.25, 0.3) is 5.91 Å². The molecule has 0 aliphatic carbocycles. The molecule has 2 aliphatic heterocycles. The fourth-order valence-corrected chi connectivity index (χ4v) is 2.79. The van der Waals surface area contributed by atoms with E-state index in [2.05, 4.69) is 10.1 Å². The van der Waals surface area contributed by atoms with E-state index in [0.717, 1.165) is 6.07 Å². The van der Waals surface area contributed by atoms with E-state index < -0.39 is 18.0 Å². The summed E-state index contributed by atoms with van der Waals surface area (Å²) >= 11 is 0. The molecule has 0 radical (unpaired) electrons. The zero-order chi connectivity index (χ0) is 15.2. The van der Waals surface area contributed by atoms with E-state index in [1.807, 2.05) is 0 Å². The Balaban J connectivity index is 0.00000176. The summed E-state index contributed by atoms with van der Waals surface area (Å²) < 4.78 is 46.7. The standard InChI is InChI=1S/C13H13F3N2O3.ClH/c1-20-7-4-8-9-6-17-2-3-18(9)12(19)11(8)10(5-7)21-13(14,15)16;/h4-5,9,17H,2-3,6H2,1H3;1H/t9-;/m0./s1. The van der Waals surface area contributed by atoms with Gasteiger partial charge >= 0.3 is 6.36 Å². The lowest BCUT2D eigenvalue weighted by molar-refractivity contribution is -0.274. The quantitative estimate of drug-likeness (QED) is 0.897. The highest BCUT2D eigenvalue weighted by Crippen LogP contribution is 2.43. The lowest BCUT2D eigenvalue weighted by Crippen LogP contribution is -2.44. The molecule has 0 aromatic heterocycles. The van der Waals surface area contributed by atoms with Crippen molar-refractivity contribution >= 4 is 18.3 Å². The molecule has 1 amide bonds. The van der Waals surface area contributed by atoms with Crippen LogP contribution in [0.3, 0.4) is 0 Å². The first kappa shape index (κ1) is 16.7. The lowest BCUT2D eigenvalue weighted by atomic mass is 10.0. The first-order valence-corrected chi connectivity index (χ1v) is 6.40. The number of halogens is 4. The van der Waals surface area contributed by atoms with Gasteiger partial charge in [-0.2, -0.15) is 0 Å². The third-order valence-corrected chi connectivity index (χ3v) is 3.64. The van der Waals surface area contributed by atoms with Crippen LogP contribution in [0.4, 0.5) is 13.2 Å². The number of fused-ring (bicyclic) bond motifs is 3. The number of hydrogen-bond acceptors (Lipinski definition) is 4. The molecule has 1 atom stereocenters. The van der Waals surface area contributed by atoms with Crippen molar-refractivity contribution in [3.63, 3.8) is 0 Å². The molecule has 2 heterocycles. The van der Waals surface area contributed by atoms with Crippen LogP contribution in [0.2, 0.25) is 0 Å². The Morgan fingerprint density at radius 1 is 1.36 bits per heavy atom. The van der Waals surface area contributed by atoms with E-state index >= 15 is 0 Å². The van der Waals surface area contributed by atoms with Crippen molar-refractivity contribution < 1.29 is 27.4 Å². The molecular weight excluding hydrogens is 325 g/mol. The van der Waals surface area contributed by atoms with Crippen LogP contribution in [0.5, 0.6) is 11.5 Å². The summed E-state index contributed by atoms with van der Waals surface area (Å²) in [5.74, 6) is -0.706. The van der Waals surface area contributed by atoms with Crippen molar-refractivity contribution in [3.8, 4) is 11.5 Å². The van der Waals surface area contributed by atoms with Crippen molar-refractivity contribution in [2.45, 2.75) is 12.4 Å². The normalized spacial score (nSPS) is 20.1. The SMILES string of the molecule is COc1cc(OC(F)(F)F)c2c(c1)[C@@H]1CNCCN1C2=O.Cl. The number of nitrogens with one attached hydrogen (secondary N) is 1. The predicted octanol–water partition coefficient (Wildman–Crippen LogP) is 2.12. The van der Waals surface area contributed by atoms with Gasteiger partial charge in [0.1, 0.15) is 11.5 Å². The van der Waals surface area contributed by atoms with Gasteiger partial charge in [-0.3, -0.25) is 4.79 Å². The summed E-state index contributed by atoms with van der Waals surface area (Å²) in [6.45, 7) is 1.56. The zero-order valence-corrected chi connectivity index (χ0v) is 12.4. The highest BCUT2D eigenvalue weighted by atomic mass is 35.5. The van der Waals surface area contributed by atoms with Gasteiger partial charge in [-0.15, -0.1) is 25.6 Å². The number of ether oxygens (including phenoxy) is 2. The van der Waals surface area contributed by atoms with Gasteiger partial charge in [-0.05, 0) is 11.6 Å². The lowest BCUT2D eigenvalue weighted by Gasteiger charge is -2.30. The first-order valence-electron chi connectivity index (χ1n) is 6.40. The molecule has 5 nitrogen and oxygen atoms in total. The number of amides is 1. The van der Waals surface area contributed by atoms with Crippen LogP contribution in [0, 0.1) is 0 Å². The molecule has 122 valence electrons. The molecule has 3 rings (SSSR count). The van der Waals surface area contributed by atoms with Gasteiger partial charge in [0.05, 0.1) is 18.7 Å². The van der Waals surface area contributed by atoms with Gasteiger partial charge in [-0.25, -0.2) is 0 Å². The van der Waals surface area contributed by atoms with E-state index in [1.165, 1.54) is 7.11 Å². The minimum Gasteiger partial charge on any atom is -0.497 e. The van der Waals surface area contributed by atoms with Crippen molar-refractivity contribution in [3.05, 3.63) is 23.3 Å². The van der Waals surface area contributed by atoms with Gasteiger partial charge in [0.15, 0.2) is 0 Å². The largest absolute Gasteiger partial charge is 0.573 e. The number of alkyl halides is 3. The second-order valence-corrected chi connectivity index (χ2v) is 4.86. The number of methoxy groups -OCH3 is 1. The molecule has 0 saturated carbocycles. The molecule has 9 heteroatoms. The fourth-order valence-electron chi connectivity index (χ4n) is 2.79. The first-order chi connectivity index (χ1) is 9.90. The average molecular weight is 339 g/mol. The number of piperazine rings is 1. The molecule has 2 aliphatic rings. The van der Waals surface area contributed by atoms with Crippen LogP contribution in [-0.2, 0) is 0 Å². The molecule has 1 aromatic rings. The molecule has 1 fully saturated rings. The monoisotopic (exact) mass is 338 g/mol. The Hall–Kier alpha value is -1.67. The number of nitrogens with zero attached hydrogens (tertiary/aromatic N) is 1. The molecule has 0 bridgehead atoms. The minimum absolute atomic E-state index is 0. The number of benzene rings is 1. The van der Waals surface area contributed by atoms with Gasteiger partial charge < -0.3 is 19.7 Å². The maximum absolute atomic E-state index is 12.5. The number of rotatable bonds is 2. The second kappa shape index (κ2) is 5.85. The smallest absolute Gasteiger partial charge is 0.497 e. The maximum Gasteiger partial charge on any atom is 0.573 e. The van der Waals surface area contributed by atoms with Crippen LogP contribution in [0.1, 0.15) is 22.0 Å².